The number of hydrogen-bond donors (Lipinski definition) is 1. The highest BCUT2D eigenvalue weighted by Gasteiger charge is 2.45. The largest absolute Gasteiger partial charge is 0.469 e. The molecule has 0 aromatic heterocycles. The Morgan fingerprint density at radius 3 is 2.29 bits per heavy atom. The number of primary sulfonamides is 1. The zero-order chi connectivity index (χ0) is 21.3. The van der Waals surface area contributed by atoms with Gasteiger partial charge in [0.1, 0.15) is 4.90 Å². The first-order valence-corrected chi connectivity index (χ1v) is 9.61. The van der Waals surface area contributed by atoms with Crippen LogP contribution in [0.1, 0.15) is 24.2 Å². The van der Waals surface area contributed by atoms with E-state index in [2.05, 4.69) is 0 Å². The molecule has 0 radical (unpaired) electrons. The molecule has 1 unspecified atom stereocenters. The highest BCUT2D eigenvalue weighted by Crippen LogP contribution is 2.45. The summed E-state index contributed by atoms with van der Waals surface area (Å²) in [5, 5.41) is 15.9. The van der Waals surface area contributed by atoms with E-state index in [-0.39, 0.29) is 17.5 Å². The van der Waals surface area contributed by atoms with Crippen molar-refractivity contribution in [3.8, 4) is 5.75 Å². The van der Waals surface area contributed by atoms with Crippen LogP contribution in [0.15, 0.2) is 41.3 Å². The van der Waals surface area contributed by atoms with Gasteiger partial charge in [0, 0.05) is 17.2 Å². The molecule has 0 aliphatic rings. The lowest BCUT2D eigenvalue weighted by atomic mass is 10.1. The highest BCUT2D eigenvalue weighted by atomic mass is 35.5. The van der Waals surface area contributed by atoms with Gasteiger partial charge in [0.15, 0.2) is 0 Å². The van der Waals surface area contributed by atoms with Crippen molar-refractivity contribution in [1.29, 1.82) is 0 Å². The lowest BCUT2D eigenvalue weighted by molar-refractivity contribution is -0.386. The summed E-state index contributed by atoms with van der Waals surface area (Å²) in [6.45, 7) is 1.43. The summed E-state index contributed by atoms with van der Waals surface area (Å²) < 4.78 is 69.1. The molecule has 0 bridgehead atoms. The molecule has 0 saturated heterocycles. The Balaban J connectivity index is 2.76. The van der Waals surface area contributed by atoms with Crippen LogP contribution in [0.4, 0.5) is 18.9 Å². The monoisotopic (exact) mass is 438 g/mol. The maximum Gasteiger partial charge on any atom is 0.429 e. The molecule has 0 heterocycles. The number of nitro groups is 1. The van der Waals surface area contributed by atoms with Gasteiger partial charge in [-0.2, -0.15) is 13.2 Å². The number of nitrogens with zero attached hydrogens (tertiary/aromatic N) is 1. The van der Waals surface area contributed by atoms with E-state index in [1.807, 2.05) is 0 Å². The van der Waals surface area contributed by atoms with E-state index < -0.39 is 48.6 Å². The molecule has 7 nitrogen and oxygen atoms in total. The van der Waals surface area contributed by atoms with Crippen LogP contribution < -0.4 is 9.88 Å². The van der Waals surface area contributed by atoms with Gasteiger partial charge in [0.25, 0.3) is 0 Å². The fourth-order valence-electron chi connectivity index (χ4n) is 2.52. The van der Waals surface area contributed by atoms with Crippen LogP contribution in [-0.2, 0) is 16.4 Å². The third-order valence-corrected chi connectivity index (χ3v) is 5.23. The summed E-state index contributed by atoms with van der Waals surface area (Å²) in [6.07, 6.45) is -7.59. The van der Waals surface area contributed by atoms with Crippen LogP contribution in [-0.4, -0.2) is 19.5 Å². The number of nitrogens with two attached hydrogens (primary N) is 1. The molecule has 0 spiro atoms. The molecule has 0 aliphatic carbocycles. The Labute approximate surface area is 163 Å². The maximum atomic E-state index is 13.6. The summed E-state index contributed by atoms with van der Waals surface area (Å²) in [6, 6.07) is 6.98. The van der Waals surface area contributed by atoms with Gasteiger partial charge >= 0.3 is 11.9 Å². The first kappa shape index (κ1) is 21.9. The van der Waals surface area contributed by atoms with Crippen molar-refractivity contribution in [2.75, 3.05) is 0 Å². The van der Waals surface area contributed by atoms with Gasteiger partial charge in [-0.25, -0.2) is 13.6 Å². The molecule has 0 saturated carbocycles. The second kappa shape index (κ2) is 7.94. The van der Waals surface area contributed by atoms with Crippen LogP contribution in [0.3, 0.4) is 0 Å². The molecule has 0 fully saturated rings. The fourth-order valence-corrected chi connectivity index (χ4v) is 3.76. The molecular weight excluding hydrogens is 425 g/mol. The number of hydrogen-bond acceptors (Lipinski definition) is 5. The number of alkyl halides is 3. The van der Waals surface area contributed by atoms with E-state index in [0.717, 1.165) is 12.1 Å². The normalized spacial score (nSPS) is 13.2. The molecule has 2 N–H and O–H groups in total. The Bertz CT molecular complexity index is 998. The van der Waals surface area contributed by atoms with Gasteiger partial charge < -0.3 is 4.74 Å². The van der Waals surface area contributed by atoms with E-state index >= 15 is 0 Å². The maximum absolute atomic E-state index is 13.6. The SMILES string of the molecule is CCc1c(Cl)c(S(N)(=O)=O)cc([N+](=O)[O-])c1OC(c1ccccc1)C(F)(F)F. The quantitative estimate of drug-likeness (QED) is 0.538. The van der Waals surface area contributed by atoms with Crippen LogP contribution in [0.5, 0.6) is 5.75 Å². The number of sulfonamides is 1. The van der Waals surface area contributed by atoms with Crippen molar-refractivity contribution < 1.29 is 31.2 Å². The topological polar surface area (TPSA) is 113 Å². The van der Waals surface area contributed by atoms with Gasteiger partial charge in [0.2, 0.25) is 21.9 Å². The summed E-state index contributed by atoms with van der Waals surface area (Å²) in [5.41, 5.74) is -1.56. The Kier molecular flexibility index (Phi) is 6.21. The average Bonchev–Trinajstić information content (AvgIpc) is 2.58. The van der Waals surface area contributed by atoms with Gasteiger partial charge in [-0.05, 0) is 6.42 Å². The average molecular weight is 439 g/mol. The van der Waals surface area contributed by atoms with E-state index in [1.54, 1.807) is 0 Å². The minimum Gasteiger partial charge on any atom is -0.469 e. The minimum absolute atomic E-state index is 0.141. The van der Waals surface area contributed by atoms with Crippen molar-refractivity contribution >= 4 is 27.3 Å². The predicted octanol–water partition coefficient (Wildman–Crippen LogP) is 4.14. The number of rotatable bonds is 6. The molecule has 28 heavy (non-hydrogen) atoms. The third kappa shape index (κ3) is 4.54. The van der Waals surface area contributed by atoms with E-state index in [9.17, 15) is 31.7 Å². The predicted molar refractivity (Wildman–Crippen MR) is 94.7 cm³/mol. The molecule has 152 valence electrons. The number of halogens is 4. The summed E-state index contributed by atoms with van der Waals surface area (Å²) in [7, 11) is -4.46. The lowest BCUT2D eigenvalue weighted by Crippen LogP contribution is -2.27. The zero-order valence-corrected chi connectivity index (χ0v) is 15.8. The van der Waals surface area contributed by atoms with Gasteiger partial charge in [0.05, 0.1) is 9.95 Å². The Hall–Kier alpha value is -2.37. The molecule has 2 rings (SSSR count). The number of benzene rings is 2. The molecular formula is C16H14ClF3N2O5S. The molecule has 12 heteroatoms. The molecule has 1 atom stereocenters. The van der Waals surface area contributed by atoms with E-state index in [4.69, 9.17) is 21.5 Å². The molecule has 0 amide bonds. The van der Waals surface area contributed by atoms with Gasteiger partial charge in [-0.1, -0.05) is 48.9 Å². The standard InChI is InChI=1S/C16H14ClF3N2O5S/c1-2-10-13(17)12(28(21,25)26)8-11(22(23)24)14(10)27-15(16(18,19)20)9-6-4-3-5-7-9/h3-8,15H,2H2,1H3,(H2,21,25,26). The summed E-state index contributed by atoms with van der Waals surface area (Å²) in [4.78, 5) is 9.59. The van der Waals surface area contributed by atoms with Crippen LogP contribution in [0.25, 0.3) is 0 Å². The summed E-state index contributed by atoms with van der Waals surface area (Å²) in [5.74, 6) is -0.768. The van der Waals surface area contributed by atoms with E-state index in [0.29, 0.717) is 6.07 Å². The van der Waals surface area contributed by atoms with Crippen molar-refractivity contribution in [3.05, 3.63) is 62.7 Å². The summed E-state index contributed by atoms with van der Waals surface area (Å²) >= 11 is 5.98. The lowest BCUT2D eigenvalue weighted by Gasteiger charge is -2.24. The molecule has 2 aromatic carbocycles. The molecule has 0 aliphatic heterocycles. The Morgan fingerprint density at radius 1 is 1.29 bits per heavy atom. The highest BCUT2D eigenvalue weighted by molar-refractivity contribution is 7.89. The minimum atomic E-state index is -4.91. The number of ether oxygens (including phenoxy) is 1. The third-order valence-electron chi connectivity index (χ3n) is 3.75. The fraction of sp³-hybridized carbons (Fsp3) is 0.250. The first-order chi connectivity index (χ1) is 12.9. The molecule has 2 aromatic rings. The van der Waals surface area contributed by atoms with E-state index in [1.165, 1.54) is 25.1 Å². The van der Waals surface area contributed by atoms with Crippen molar-refractivity contribution in [1.82, 2.24) is 0 Å². The van der Waals surface area contributed by atoms with Crippen molar-refractivity contribution in [3.63, 3.8) is 0 Å². The zero-order valence-electron chi connectivity index (χ0n) is 14.2. The smallest absolute Gasteiger partial charge is 0.429 e. The Morgan fingerprint density at radius 2 is 1.86 bits per heavy atom. The number of nitro benzene ring substituents is 1. The van der Waals surface area contributed by atoms with Gasteiger partial charge in [-0.15, -0.1) is 0 Å². The second-order valence-corrected chi connectivity index (χ2v) is 7.53. The van der Waals surface area contributed by atoms with Crippen LogP contribution in [0, 0.1) is 10.1 Å². The first-order valence-electron chi connectivity index (χ1n) is 7.68. The van der Waals surface area contributed by atoms with Crippen LogP contribution >= 0.6 is 11.6 Å². The van der Waals surface area contributed by atoms with Crippen molar-refractivity contribution in [2.45, 2.75) is 30.5 Å². The van der Waals surface area contributed by atoms with Gasteiger partial charge in [-0.3, -0.25) is 10.1 Å². The van der Waals surface area contributed by atoms with Crippen LogP contribution in [0.2, 0.25) is 5.02 Å². The second-order valence-electron chi connectivity index (χ2n) is 5.62. The van der Waals surface area contributed by atoms with Crippen molar-refractivity contribution in [2.24, 2.45) is 5.14 Å².